The van der Waals surface area contributed by atoms with Gasteiger partial charge in [-0.05, 0) is 38.0 Å². The fourth-order valence-electron chi connectivity index (χ4n) is 2.91. The van der Waals surface area contributed by atoms with Crippen LogP contribution in [0.25, 0.3) is 0 Å². The van der Waals surface area contributed by atoms with Gasteiger partial charge in [-0.1, -0.05) is 13.3 Å². The van der Waals surface area contributed by atoms with Crippen LogP contribution in [-0.2, 0) is 4.79 Å². The fourth-order valence-corrected chi connectivity index (χ4v) is 2.91. The molecule has 1 unspecified atom stereocenters. The van der Waals surface area contributed by atoms with Gasteiger partial charge in [0.05, 0.1) is 5.41 Å². The van der Waals surface area contributed by atoms with Crippen LogP contribution in [-0.4, -0.2) is 41.6 Å². The summed E-state index contributed by atoms with van der Waals surface area (Å²) in [7, 11) is 0. The number of urea groups is 1. The number of hydrogen-bond acceptors (Lipinski definition) is 2. The van der Waals surface area contributed by atoms with Gasteiger partial charge in [0.25, 0.3) is 0 Å². The maximum Gasteiger partial charge on any atom is 0.317 e. The van der Waals surface area contributed by atoms with Crippen LogP contribution in [0.5, 0.6) is 0 Å². The van der Waals surface area contributed by atoms with Gasteiger partial charge in [0, 0.05) is 19.6 Å². The second-order valence-corrected chi connectivity index (χ2v) is 6.45. The number of carboxylic acid groups (broad SMARTS) is 1. The quantitative estimate of drug-likeness (QED) is 0.802. The Morgan fingerprint density at radius 2 is 2.00 bits per heavy atom. The second kappa shape index (κ2) is 5.02. The smallest absolute Gasteiger partial charge is 0.317 e. The molecular weight excluding hydrogens is 244 g/mol. The van der Waals surface area contributed by atoms with E-state index in [2.05, 4.69) is 12.2 Å². The Bertz CT molecular complexity index is 379. The molecule has 2 amide bonds. The Morgan fingerprint density at radius 1 is 1.32 bits per heavy atom. The molecule has 2 rings (SSSR count). The zero-order chi connectivity index (χ0) is 14.1. The van der Waals surface area contributed by atoms with E-state index in [-0.39, 0.29) is 6.03 Å². The standard InChI is InChI=1S/C14H24N2O3/c1-3-4-14(5-6-14)9-15-12(19)16-8-7-13(2,10-16)11(17)18/h3-10H2,1-2H3,(H,15,19)(H,17,18). The third kappa shape index (κ3) is 3.01. The van der Waals surface area contributed by atoms with Crippen LogP contribution in [0.4, 0.5) is 4.79 Å². The number of carbonyl (C=O) groups is 2. The molecule has 1 atom stereocenters. The number of amides is 2. The number of carbonyl (C=O) groups excluding carboxylic acids is 1. The van der Waals surface area contributed by atoms with Gasteiger partial charge in [0.1, 0.15) is 0 Å². The summed E-state index contributed by atoms with van der Waals surface area (Å²) in [6.45, 7) is 5.47. The van der Waals surface area contributed by atoms with E-state index in [1.807, 2.05) is 0 Å². The molecule has 5 heteroatoms. The minimum Gasteiger partial charge on any atom is -0.481 e. The van der Waals surface area contributed by atoms with Gasteiger partial charge >= 0.3 is 12.0 Å². The zero-order valence-corrected chi connectivity index (χ0v) is 11.9. The van der Waals surface area contributed by atoms with E-state index in [0.29, 0.717) is 24.9 Å². The first-order valence-corrected chi connectivity index (χ1v) is 7.17. The lowest BCUT2D eigenvalue weighted by Crippen LogP contribution is -2.42. The molecular formula is C14H24N2O3. The molecule has 2 N–H and O–H groups in total. The molecule has 1 aliphatic heterocycles. The topological polar surface area (TPSA) is 69.6 Å². The van der Waals surface area contributed by atoms with Gasteiger partial charge < -0.3 is 15.3 Å². The van der Waals surface area contributed by atoms with Crippen molar-refractivity contribution in [2.45, 2.75) is 46.0 Å². The van der Waals surface area contributed by atoms with Gasteiger partial charge in [-0.2, -0.15) is 0 Å². The maximum atomic E-state index is 12.1. The average Bonchev–Trinajstić information content (AvgIpc) is 3.00. The maximum absolute atomic E-state index is 12.1. The highest BCUT2D eigenvalue weighted by molar-refractivity contribution is 5.79. The van der Waals surface area contributed by atoms with Crippen LogP contribution in [0.2, 0.25) is 0 Å². The summed E-state index contributed by atoms with van der Waals surface area (Å²) in [4.78, 5) is 24.8. The highest BCUT2D eigenvalue weighted by Crippen LogP contribution is 2.48. The summed E-state index contributed by atoms with van der Waals surface area (Å²) < 4.78 is 0. The van der Waals surface area contributed by atoms with E-state index in [4.69, 9.17) is 5.11 Å². The Kier molecular flexibility index (Phi) is 3.74. The van der Waals surface area contributed by atoms with Gasteiger partial charge in [0.15, 0.2) is 0 Å². The third-order valence-electron chi connectivity index (χ3n) is 4.63. The van der Waals surface area contributed by atoms with E-state index in [1.54, 1.807) is 11.8 Å². The Labute approximate surface area is 114 Å². The first-order valence-electron chi connectivity index (χ1n) is 7.17. The Balaban J connectivity index is 1.80. The molecule has 0 bridgehead atoms. The molecule has 1 heterocycles. The summed E-state index contributed by atoms with van der Waals surface area (Å²) in [5.74, 6) is -0.813. The van der Waals surface area contributed by atoms with Crippen molar-refractivity contribution >= 4 is 12.0 Å². The van der Waals surface area contributed by atoms with E-state index >= 15 is 0 Å². The van der Waals surface area contributed by atoms with Crippen molar-refractivity contribution in [2.24, 2.45) is 10.8 Å². The van der Waals surface area contributed by atoms with Crippen molar-refractivity contribution < 1.29 is 14.7 Å². The monoisotopic (exact) mass is 268 g/mol. The minimum atomic E-state index is -0.813. The van der Waals surface area contributed by atoms with E-state index in [0.717, 1.165) is 13.0 Å². The van der Waals surface area contributed by atoms with Crippen molar-refractivity contribution in [1.82, 2.24) is 10.2 Å². The lowest BCUT2D eigenvalue weighted by atomic mass is 9.90. The van der Waals surface area contributed by atoms with Gasteiger partial charge in [0.2, 0.25) is 0 Å². The number of aliphatic carboxylic acids is 1. The van der Waals surface area contributed by atoms with Crippen molar-refractivity contribution in [3.8, 4) is 0 Å². The summed E-state index contributed by atoms with van der Waals surface area (Å²) in [6, 6.07) is -0.104. The number of carboxylic acids is 1. The number of hydrogen-bond donors (Lipinski definition) is 2. The highest BCUT2D eigenvalue weighted by Gasteiger charge is 2.44. The lowest BCUT2D eigenvalue weighted by Gasteiger charge is -2.22. The summed E-state index contributed by atoms with van der Waals surface area (Å²) in [5, 5.41) is 12.1. The molecule has 0 aromatic carbocycles. The predicted molar refractivity (Wildman–Crippen MR) is 71.9 cm³/mol. The van der Waals surface area contributed by atoms with E-state index in [9.17, 15) is 9.59 Å². The highest BCUT2D eigenvalue weighted by atomic mass is 16.4. The number of nitrogens with zero attached hydrogens (tertiary/aromatic N) is 1. The summed E-state index contributed by atoms with van der Waals surface area (Å²) >= 11 is 0. The van der Waals surface area contributed by atoms with Gasteiger partial charge in [-0.15, -0.1) is 0 Å². The average molecular weight is 268 g/mol. The molecule has 1 saturated carbocycles. The van der Waals surface area contributed by atoms with Crippen LogP contribution in [0.1, 0.15) is 46.0 Å². The van der Waals surface area contributed by atoms with E-state index < -0.39 is 11.4 Å². The molecule has 2 aliphatic rings. The molecule has 1 saturated heterocycles. The molecule has 5 nitrogen and oxygen atoms in total. The van der Waals surface area contributed by atoms with Crippen molar-refractivity contribution in [3.05, 3.63) is 0 Å². The van der Waals surface area contributed by atoms with Crippen molar-refractivity contribution in [1.29, 1.82) is 0 Å². The van der Waals surface area contributed by atoms with Crippen LogP contribution < -0.4 is 5.32 Å². The zero-order valence-electron chi connectivity index (χ0n) is 11.9. The lowest BCUT2D eigenvalue weighted by molar-refractivity contribution is -0.147. The predicted octanol–water partition coefficient (Wildman–Crippen LogP) is 2.07. The Hall–Kier alpha value is -1.26. The largest absolute Gasteiger partial charge is 0.481 e. The van der Waals surface area contributed by atoms with Crippen molar-refractivity contribution in [3.63, 3.8) is 0 Å². The summed E-state index contributed by atoms with van der Waals surface area (Å²) in [6.07, 6.45) is 5.26. The first-order chi connectivity index (χ1) is 8.91. The molecule has 0 aromatic rings. The van der Waals surface area contributed by atoms with Crippen LogP contribution >= 0.6 is 0 Å². The molecule has 0 radical (unpaired) electrons. The Morgan fingerprint density at radius 3 is 2.47 bits per heavy atom. The molecule has 2 fully saturated rings. The SMILES string of the molecule is CCCC1(CNC(=O)N2CCC(C)(C(=O)O)C2)CC1. The molecule has 108 valence electrons. The molecule has 19 heavy (non-hydrogen) atoms. The normalized spacial score (nSPS) is 28.2. The molecule has 0 aromatic heterocycles. The first kappa shape index (κ1) is 14.2. The number of likely N-dealkylation sites (tertiary alicyclic amines) is 1. The van der Waals surface area contributed by atoms with Crippen molar-refractivity contribution in [2.75, 3.05) is 19.6 Å². The number of rotatable bonds is 5. The fraction of sp³-hybridized carbons (Fsp3) is 0.857. The van der Waals surface area contributed by atoms with Crippen LogP contribution in [0, 0.1) is 10.8 Å². The molecule has 0 spiro atoms. The van der Waals surface area contributed by atoms with Crippen LogP contribution in [0.3, 0.4) is 0 Å². The number of nitrogens with one attached hydrogen (secondary N) is 1. The third-order valence-corrected chi connectivity index (χ3v) is 4.63. The second-order valence-electron chi connectivity index (χ2n) is 6.45. The van der Waals surface area contributed by atoms with Crippen LogP contribution in [0.15, 0.2) is 0 Å². The minimum absolute atomic E-state index is 0.104. The van der Waals surface area contributed by atoms with E-state index in [1.165, 1.54) is 19.3 Å². The van der Waals surface area contributed by atoms with Gasteiger partial charge in [-0.3, -0.25) is 4.79 Å². The van der Waals surface area contributed by atoms with Gasteiger partial charge in [-0.25, -0.2) is 4.79 Å². The molecule has 1 aliphatic carbocycles. The summed E-state index contributed by atoms with van der Waals surface area (Å²) in [5.41, 5.74) is -0.446.